The van der Waals surface area contributed by atoms with Crippen LogP contribution in [0.4, 0.5) is 0 Å². The Kier molecular flexibility index (Phi) is 2.48. The summed E-state index contributed by atoms with van der Waals surface area (Å²) in [6, 6.07) is 4.86. The SMILES string of the molecule is ON=Cc1cc(Br)ccc1O. The third kappa shape index (κ3) is 1.94. The van der Waals surface area contributed by atoms with Gasteiger partial charge in [0.05, 0.1) is 6.21 Å². The van der Waals surface area contributed by atoms with Crippen molar-refractivity contribution in [3.8, 4) is 5.75 Å². The topological polar surface area (TPSA) is 52.8 Å². The Hall–Kier alpha value is -1.03. The van der Waals surface area contributed by atoms with Gasteiger partial charge in [-0.15, -0.1) is 0 Å². The lowest BCUT2D eigenvalue weighted by molar-refractivity contribution is 0.321. The number of phenols is 1. The molecule has 0 fully saturated rings. The van der Waals surface area contributed by atoms with Gasteiger partial charge in [-0.1, -0.05) is 21.1 Å². The van der Waals surface area contributed by atoms with Crippen molar-refractivity contribution in [2.45, 2.75) is 0 Å². The molecule has 0 bridgehead atoms. The molecule has 0 amide bonds. The number of hydrogen-bond acceptors (Lipinski definition) is 3. The molecule has 0 spiro atoms. The third-order valence-corrected chi connectivity index (χ3v) is 1.68. The molecule has 0 unspecified atom stereocenters. The molecule has 0 saturated carbocycles. The van der Waals surface area contributed by atoms with Crippen molar-refractivity contribution in [3.63, 3.8) is 0 Å². The molecule has 0 aromatic heterocycles. The van der Waals surface area contributed by atoms with Gasteiger partial charge in [-0.25, -0.2) is 0 Å². The second kappa shape index (κ2) is 3.39. The molecule has 2 N–H and O–H groups in total. The lowest BCUT2D eigenvalue weighted by Gasteiger charge is -1.96. The summed E-state index contributed by atoms with van der Waals surface area (Å²) in [5.41, 5.74) is 0.474. The Bertz CT molecular complexity index is 286. The van der Waals surface area contributed by atoms with Crippen molar-refractivity contribution in [3.05, 3.63) is 28.2 Å². The fraction of sp³-hybridized carbons (Fsp3) is 0. The van der Waals surface area contributed by atoms with Crippen molar-refractivity contribution in [2.24, 2.45) is 5.16 Å². The molecule has 0 aliphatic carbocycles. The highest BCUT2D eigenvalue weighted by atomic mass is 79.9. The number of phenolic OH excluding ortho intramolecular Hbond substituents is 1. The molecule has 1 aromatic carbocycles. The fourth-order valence-corrected chi connectivity index (χ4v) is 1.07. The molecule has 0 aliphatic rings. The summed E-state index contributed by atoms with van der Waals surface area (Å²) in [4.78, 5) is 0. The fourth-order valence-electron chi connectivity index (χ4n) is 0.691. The number of hydrogen-bond donors (Lipinski definition) is 2. The number of nitrogens with zero attached hydrogens (tertiary/aromatic N) is 1. The van der Waals surface area contributed by atoms with E-state index in [-0.39, 0.29) is 5.75 Å². The summed E-state index contributed by atoms with van der Waals surface area (Å²) in [7, 11) is 0. The quantitative estimate of drug-likeness (QED) is 0.428. The van der Waals surface area contributed by atoms with Crippen LogP contribution in [0.25, 0.3) is 0 Å². The molecule has 0 radical (unpaired) electrons. The minimum Gasteiger partial charge on any atom is -0.507 e. The van der Waals surface area contributed by atoms with Crippen LogP contribution in [0.2, 0.25) is 0 Å². The normalized spacial score (nSPS) is 10.6. The lowest BCUT2D eigenvalue weighted by atomic mass is 10.2. The lowest BCUT2D eigenvalue weighted by Crippen LogP contribution is -1.81. The summed E-state index contributed by atoms with van der Waals surface area (Å²) in [6.45, 7) is 0. The molecule has 4 heteroatoms. The Balaban J connectivity index is 3.12. The second-order valence-corrected chi connectivity index (χ2v) is 2.86. The zero-order chi connectivity index (χ0) is 8.27. The zero-order valence-electron chi connectivity index (χ0n) is 5.53. The van der Waals surface area contributed by atoms with Gasteiger partial charge in [-0.2, -0.15) is 0 Å². The van der Waals surface area contributed by atoms with Crippen LogP contribution in [0.15, 0.2) is 27.8 Å². The molecule has 58 valence electrons. The Morgan fingerprint density at radius 3 is 2.82 bits per heavy atom. The maximum absolute atomic E-state index is 9.14. The molecule has 1 aromatic rings. The summed E-state index contributed by atoms with van der Waals surface area (Å²) in [6.07, 6.45) is 1.17. The van der Waals surface area contributed by atoms with E-state index < -0.39 is 0 Å². The monoisotopic (exact) mass is 215 g/mol. The summed E-state index contributed by atoms with van der Waals surface area (Å²) < 4.78 is 0.824. The second-order valence-electron chi connectivity index (χ2n) is 1.95. The van der Waals surface area contributed by atoms with E-state index in [1.165, 1.54) is 12.3 Å². The van der Waals surface area contributed by atoms with Gasteiger partial charge in [0.25, 0.3) is 0 Å². The standard InChI is InChI=1S/C7H6BrNO2/c8-6-1-2-7(10)5(3-6)4-9-11/h1-4,10-11H. The van der Waals surface area contributed by atoms with E-state index in [4.69, 9.17) is 10.3 Å². The zero-order valence-corrected chi connectivity index (χ0v) is 7.12. The van der Waals surface area contributed by atoms with Gasteiger partial charge in [0.15, 0.2) is 0 Å². The highest BCUT2D eigenvalue weighted by Crippen LogP contribution is 2.19. The van der Waals surface area contributed by atoms with Crippen LogP contribution in [0, 0.1) is 0 Å². The summed E-state index contributed by atoms with van der Waals surface area (Å²) in [5, 5.41) is 20.1. The molecule has 11 heavy (non-hydrogen) atoms. The van der Waals surface area contributed by atoms with Gasteiger partial charge in [0, 0.05) is 10.0 Å². The van der Waals surface area contributed by atoms with Gasteiger partial charge in [0.2, 0.25) is 0 Å². The maximum Gasteiger partial charge on any atom is 0.124 e. The van der Waals surface area contributed by atoms with Crippen molar-refractivity contribution >= 4 is 22.1 Å². The Labute approximate surface area is 72.1 Å². The molecule has 0 heterocycles. The van der Waals surface area contributed by atoms with Crippen molar-refractivity contribution in [1.82, 2.24) is 0 Å². The van der Waals surface area contributed by atoms with E-state index in [1.54, 1.807) is 12.1 Å². The van der Waals surface area contributed by atoms with E-state index in [9.17, 15) is 0 Å². The summed E-state index contributed by atoms with van der Waals surface area (Å²) >= 11 is 3.21. The van der Waals surface area contributed by atoms with Crippen LogP contribution < -0.4 is 0 Å². The van der Waals surface area contributed by atoms with Gasteiger partial charge in [0.1, 0.15) is 5.75 Å². The average Bonchev–Trinajstić information content (AvgIpc) is 1.98. The number of rotatable bonds is 1. The van der Waals surface area contributed by atoms with Crippen LogP contribution in [0.1, 0.15) is 5.56 Å². The Morgan fingerprint density at radius 1 is 1.45 bits per heavy atom. The summed E-state index contributed by atoms with van der Waals surface area (Å²) in [5.74, 6) is 0.0889. The molecular weight excluding hydrogens is 210 g/mol. The largest absolute Gasteiger partial charge is 0.507 e. The average molecular weight is 216 g/mol. The first-order valence-electron chi connectivity index (χ1n) is 2.90. The first-order valence-corrected chi connectivity index (χ1v) is 3.69. The number of halogens is 1. The number of aromatic hydroxyl groups is 1. The third-order valence-electron chi connectivity index (χ3n) is 1.19. The minimum absolute atomic E-state index is 0.0889. The first-order chi connectivity index (χ1) is 5.24. The molecule has 1 rings (SSSR count). The van der Waals surface area contributed by atoms with E-state index in [2.05, 4.69) is 21.1 Å². The van der Waals surface area contributed by atoms with Crippen molar-refractivity contribution < 1.29 is 10.3 Å². The van der Waals surface area contributed by atoms with Crippen LogP contribution >= 0.6 is 15.9 Å². The van der Waals surface area contributed by atoms with Gasteiger partial charge in [-0.3, -0.25) is 0 Å². The Morgan fingerprint density at radius 2 is 2.18 bits per heavy atom. The van der Waals surface area contributed by atoms with Crippen molar-refractivity contribution in [1.29, 1.82) is 0 Å². The van der Waals surface area contributed by atoms with E-state index in [0.717, 1.165) is 4.47 Å². The maximum atomic E-state index is 9.14. The molecular formula is C7H6BrNO2. The minimum atomic E-state index is 0.0889. The van der Waals surface area contributed by atoms with E-state index >= 15 is 0 Å². The molecule has 0 saturated heterocycles. The van der Waals surface area contributed by atoms with Crippen LogP contribution in [-0.4, -0.2) is 16.5 Å². The number of oxime groups is 1. The van der Waals surface area contributed by atoms with Gasteiger partial charge in [-0.05, 0) is 18.2 Å². The van der Waals surface area contributed by atoms with Gasteiger partial charge < -0.3 is 10.3 Å². The highest BCUT2D eigenvalue weighted by Gasteiger charge is 1.97. The van der Waals surface area contributed by atoms with Crippen LogP contribution in [-0.2, 0) is 0 Å². The first kappa shape index (κ1) is 8.07. The van der Waals surface area contributed by atoms with Crippen LogP contribution in [0.3, 0.4) is 0 Å². The molecule has 0 atom stereocenters. The predicted molar refractivity (Wildman–Crippen MR) is 45.2 cm³/mol. The van der Waals surface area contributed by atoms with Crippen LogP contribution in [0.5, 0.6) is 5.75 Å². The van der Waals surface area contributed by atoms with Crippen molar-refractivity contribution in [2.75, 3.05) is 0 Å². The smallest absolute Gasteiger partial charge is 0.124 e. The van der Waals surface area contributed by atoms with Gasteiger partial charge >= 0.3 is 0 Å². The molecule has 0 aliphatic heterocycles. The highest BCUT2D eigenvalue weighted by molar-refractivity contribution is 9.10. The molecule has 3 nitrogen and oxygen atoms in total. The number of benzene rings is 1. The van der Waals surface area contributed by atoms with E-state index in [1.807, 2.05) is 0 Å². The predicted octanol–water partition coefficient (Wildman–Crippen LogP) is 1.96. The van der Waals surface area contributed by atoms with E-state index in [0.29, 0.717) is 5.56 Å².